The number of nitrogens with two attached hydrogens (primary N) is 3. The Morgan fingerprint density at radius 2 is 2.03 bits per heavy atom. The van der Waals surface area contributed by atoms with Crippen molar-refractivity contribution in [2.75, 3.05) is 31.1 Å². The van der Waals surface area contributed by atoms with E-state index in [2.05, 4.69) is 25.3 Å². The lowest BCUT2D eigenvalue weighted by molar-refractivity contribution is 0.251. The Labute approximate surface area is 178 Å². The molecule has 0 radical (unpaired) electrons. The highest BCUT2D eigenvalue weighted by Crippen LogP contribution is 2.39. The fourth-order valence-electron chi connectivity index (χ4n) is 3.32. The van der Waals surface area contributed by atoms with Gasteiger partial charge in [-0.05, 0) is 36.7 Å². The van der Waals surface area contributed by atoms with Crippen LogP contribution in [0, 0.1) is 0 Å². The molecule has 0 amide bonds. The molecule has 0 saturated carbocycles. The number of anilines is 1. The summed E-state index contributed by atoms with van der Waals surface area (Å²) < 4.78 is 67.4. The molecule has 172 valence electrons. The smallest absolute Gasteiger partial charge is 0.241 e. The van der Waals surface area contributed by atoms with E-state index in [1.54, 1.807) is 4.90 Å². The lowest BCUT2D eigenvalue weighted by atomic mass is 10.0. The van der Waals surface area contributed by atoms with Crippen molar-refractivity contribution >= 4 is 25.7 Å². The van der Waals surface area contributed by atoms with Gasteiger partial charge in [0.05, 0.1) is 12.1 Å². The predicted octanol–water partition coefficient (Wildman–Crippen LogP) is -1.98. The zero-order valence-corrected chi connectivity index (χ0v) is 18.0. The third kappa shape index (κ3) is 4.99. The molecule has 1 fully saturated rings. The van der Waals surface area contributed by atoms with Gasteiger partial charge in [0.1, 0.15) is 16.0 Å². The molecule has 13 nitrogen and oxygen atoms in total. The molecule has 16 heteroatoms. The molecule has 1 aliphatic rings. The van der Waals surface area contributed by atoms with Crippen LogP contribution in [-0.2, 0) is 20.0 Å². The van der Waals surface area contributed by atoms with Crippen molar-refractivity contribution in [2.24, 2.45) is 16.6 Å². The van der Waals surface area contributed by atoms with Gasteiger partial charge < -0.3 is 16.4 Å². The minimum Gasteiger partial charge on any atom is -0.368 e. The Bertz CT molecular complexity index is 1130. The van der Waals surface area contributed by atoms with Gasteiger partial charge in [0, 0.05) is 24.8 Å². The zero-order valence-electron chi connectivity index (χ0n) is 16.4. The van der Waals surface area contributed by atoms with Gasteiger partial charge >= 0.3 is 0 Å². The number of primary sulfonamides is 1. The van der Waals surface area contributed by atoms with Crippen LogP contribution in [0.4, 0.5) is 10.1 Å². The number of hydrogen-bond acceptors (Lipinski definition) is 10. The van der Waals surface area contributed by atoms with Crippen molar-refractivity contribution in [2.45, 2.75) is 34.8 Å². The van der Waals surface area contributed by atoms with Gasteiger partial charge in [-0.25, -0.2) is 31.1 Å². The van der Waals surface area contributed by atoms with Gasteiger partial charge in [-0.1, -0.05) is 0 Å². The summed E-state index contributed by atoms with van der Waals surface area (Å²) in [5, 5.41) is 18.7. The number of halogens is 1. The van der Waals surface area contributed by atoms with Crippen LogP contribution in [0.1, 0.15) is 12.8 Å². The number of alkyl halides is 1. The summed E-state index contributed by atoms with van der Waals surface area (Å²) >= 11 is 0. The predicted molar refractivity (Wildman–Crippen MR) is 110 cm³/mol. The highest BCUT2D eigenvalue weighted by Gasteiger charge is 2.35. The molecule has 0 spiro atoms. The van der Waals surface area contributed by atoms with E-state index in [0.29, 0.717) is 19.4 Å². The van der Waals surface area contributed by atoms with Crippen LogP contribution in [0.15, 0.2) is 21.9 Å². The monoisotopic (exact) mass is 477 g/mol. The number of nitrogens with zero attached hydrogens (tertiary/aromatic N) is 4. The van der Waals surface area contributed by atoms with Crippen molar-refractivity contribution < 1.29 is 21.2 Å². The molecule has 8 N–H and O–H groups in total. The van der Waals surface area contributed by atoms with E-state index in [9.17, 15) is 21.2 Å². The maximum atomic E-state index is 14.3. The summed E-state index contributed by atoms with van der Waals surface area (Å²) in [4.78, 5) is 0.255. The zero-order chi connectivity index (χ0) is 22.8. The highest BCUT2D eigenvalue weighted by atomic mass is 32.2. The molecule has 2 heterocycles. The molecule has 2 atom stereocenters. The number of aromatic amines is 1. The number of rotatable bonds is 8. The lowest BCUT2D eigenvalue weighted by Gasteiger charge is -2.35. The topological polar surface area (TPSA) is 216 Å². The molecular weight excluding hydrogens is 453 g/mol. The van der Waals surface area contributed by atoms with E-state index >= 15 is 0 Å². The summed E-state index contributed by atoms with van der Waals surface area (Å²) in [5.74, 6) is -0.205. The van der Waals surface area contributed by atoms with Crippen molar-refractivity contribution in [1.82, 2.24) is 25.3 Å². The van der Waals surface area contributed by atoms with Crippen LogP contribution in [0.25, 0.3) is 11.4 Å². The van der Waals surface area contributed by atoms with Crippen LogP contribution >= 0.6 is 0 Å². The van der Waals surface area contributed by atoms with Crippen LogP contribution < -0.4 is 26.2 Å². The average Bonchev–Trinajstić information content (AvgIpc) is 3.23. The number of benzene rings is 1. The van der Waals surface area contributed by atoms with Crippen LogP contribution in [0.3, 0.4) is 0 Å². The third-order valence-electron chi connectivity index (χ3n) is 4.85. The van der Waals surface area contributed by atoms with E-state index < -0.39 is 42.1 Å². The van der Waals surface area contributed by atoms with E-state index in [1.165, 1.54) is 6.07 Å². The molecule has 2 unspecified atom stereocenters. The van der Waals surface area contributed by atoms with Crippen LogP contribution in [0.2, 0.25) is 0 Å². The molecular formula is C15H24FN9O4S2. The molecule has 2 aromatic rings. The summed E-state index contributed by atoms with van der Waals surface area (Å²) in [6.45, 7) is 0.406. The first-order valence-electron chi connectivity index (χ1n) is 9.34. The molecule has 31 heavy (non-hydrogen) atoms. The van der Waals surface area contributed by atoms with Gasteiger partial charge in [0.2, 0.25) is 25.9 Å². The SMILES string of the molecule is NCCCNS(=O)(=O)c1ccc(N2CCC(N)C(F)C2)c(-c2nn[nH]n2)c1S(N)(=O)=O. The Hall–Kier alpha value is -2.24. The minimum absolute atomic E-state index is 0.00423. The molecule has 1 aromatic heterocycles. The fourth-order valence-corrected chi connectivity index (χ4v) is 5.99. The lowest BCUT2D eigenvalue weighted by Crippen LogP contribution is -2.48. The van der Waals surface area contributed by atoms with E-state index in [1.807, 2.05) is 0 Å². The van der Waals surface area contributed by atoms with Gasteiger partial charge in [-0.3, -0.25) is 0 Å². The van der Waals surface area contributed by atoms with Crippen molar-refractivity contribution in [1.29, 1.82) is 0 Å². The van der Waals surface area contributed by atoms with Gasteiger partial charge in [-0.15, -0.1) is 10.2 Å². The van der Waals surface area contributed by atoms with Crippen molar-refractivity contribution in [3.05, 3.63) is 12.1 Å². The third-order valence-corrected chi connectivity index (χ3v) is 7.47. The summed E-state index contributed by atoms with van der Waals surface area (Å²) in [6, 6.07) is 1.81. The van der Waals surface area contributed by atoms with Crippen LogP contribution in [-0.4, -0.2) is 75.9 Å². The second-order valence-corrected chi connectivity index (χ2v) is 10.3. The van der Waals surface area contributed by atoms with Crippen LogP contribution in [0.5, 0.6) is 0 Å². The van der Waals surface area contributed by atoms with Crippen molar-refractivity contribution in [3.8, 4) is 11.4 Å². The number of sulfonamides is 2. The fraction of sp³-hybridized carbons (Fsp3) is 0.533. The Balaban J connectivity index is 2.24. The maximum Gasteiger partial charge on any atom is 0.241 e. The quantitative estimate of drug-likeness (QED) is 0.264. The van der Waals surface area contributed by atoms with E-state index in [4.69, 9.17) is 16.6 Å². The number of piperidine rings is 1. The molecule has 1 aliphatic heterocycles. The molecule has 1 aromatic carbocycles. The first-order chi connectivity index (χ1) is 14.6. The van der Waals surface area contributed by atoms with E-state index in [-0.39, 0.29) is 36.7 Å². The molecule has 0 bridgehead atoms. The number of H-pyrrole nitrogens is 1. The highest BCUT2D eigenvalue weighted by molar-refractivity contribution is 7.92. The number of hydrogen-bond donors (Lipinski definition) is 5. The first kappa shape index (κ1) is 23.4. The first-order valence-corrected chi connectivity index (χ1v) is 12.4. The van der Waals surface area contributed by atoms with E-state index in [0.717, 1.165) is 6.07 Å². The molecule has 1 saturated heterocycles. The second-order valence-electron chi connectivity index (χ2n) is 7.02. The van der Waals surface area contributed by atoms with Gasteiger partial charge in [0.25, 0.3) is 0 Å². The van der Waals surface area contributed by atoms with Crippen molar-refractivity contribution in [3.63, 3.8) is 0 Å². The summed E-state index contributed by atoms with van der Waals surface area (Å²) in [7, 11) is -8.89. The standard InChI is InChI=1S/C15H24FN9O4S2/c16-9-8-25(7-4-10(9)18)11-2-3-12(31(28,29)20-6-1-5-17)14(30(19,26)27)13(11)15-21-23-24-22-15/h2-3,9-10,20H,1,4-8,17-18H2,(H2,19,26,27)(H,21,22,23,24). The second kappa shape index (κ2) is 9.09. The Kier molecular flexibility index (Phi) is 6.87. The van der Waals surface area contributed by atoms with Gasteiger partial charge in [0.15, 0.2) is 0 Å². The molecule has 0 aliphatic carbocycles. The largest absolute Gasteiger partial charge is 0.368 e. The number of aromatic nitrogens is 4. The Morgan fingerprint density at radius 1 is 1.29 bits per heavy atom. The average molecular weight is 478 g/mol. The molecule has 3 rings (SSSR count). The maximum absolute atomic E-state index is 14.3. The minimum atomic E-state index is -4.60. The number of tetrazole rings is 1. The Morgan fingerprint density at radius 3 is 2.61 bits per heavy atom. The summed E-state index contributed by atoms with van der Waals surface area (Å²) in [5.41, 5.74) is 11.1. The normalized spacial score (nSPS) is 20.2. The summed E-state index contributed by atoms with van der Waals surface area (Å²) in [6.07, 6.45) is -0.727. The van der Waals surface area contributed by atoms with Gasteiger partial charge in [-0.2, -0.15) is 5.21 Å². The number of nitrogens with one attached hydrogen (secondary N) is 2.